The van der Waals surface area contributed by atoms with Gasteiger partial charge in [-0.1, -0.05) is 24.8 Å². The van der Waals surface area contributed by atoms with Crippen LogP contribution >= 0.6 is 11.8 Å². The molecule has 0 spiro atoms. The van der Waals surface area contributed by atoms with Crippen LogP contribution in [-0.4, -0.2) is 99.2 Å². The van der Waals surface area contributed by atoms with Gasteiger partial charge in [0.1, 0.15) is 12.4 Å². The second-order valence-corrected chi connectivity index (χ2v) is 15.4. The molecule has 0 aliphatic heterocycles. The lowest BCUT2D eigenvalue weighted by Crippen LogP contribution is -2.67. The Labute approximate surface area is 297 Å². The lowest BCUT2D eigenvalue weighted by atomic mass is 9.55. The molecule has 1 aromatic rings. The van der Waals surface area contributed by atoms with E-state index in [2.05, 4.69) is 28.7 Å². The molecule has 2 saturated carbocycles. The van der Waals surface area contributed by atoms with Crippen molar-refractivity contribution in [3.05, 3.63) is 29.3 Å². The summed E-state index contributed by atoms with van der Waals surface area (Å²) in [7, 11) is 2.03. The fourth-order valence-electron chi connectivity index (χ4n) is 8.33. The van der Waals surface area contributed by atoms with E-state index in [1.54, 1.807) is 6.92 Å². The van der Waals surface area contributed by atoms with Gasteiger partial charge in [-0.15, -0.1) is 0 Å². The second kappa shape index (κ2) is 17.2. The van der Waals surface area contributed by atoms with Gasteiger partial charge in [0, 0.05) is 39.0 Å². The van der Waals surface area contributed by atoms with E-state index in [1.165, 1.54) is 22.9 Å². The maximum atomic E-state index is 13.2. The number of ether oxygens (including phenoxy) is 4. The molecule has 0 amide bonds. The first kappa shape index (κ1) is 42.0. The van der Waals surface area contributed by atoms with E-state index in [1.807, 2.05) is 13.1 Å². The smallest absolute Gasteiger partial charge is 0.435 e. The zero-order valence-corrected chi connectivity index (χ0v) is 30.0. The third-order valence-corrected chi connectivity index (χ3v) is 11.6. The van der Waals surface area contributed by atoms with Crippen LogP contribution in [0.5, 0.6) is 5.75 Å². The van der Waals surface area contributed by atoms with E-state index in [9.17, 15) is 44.3 Å². The summed E-state index contributed by atoms with van der Waals surface area (Å²) >= 11 is 1.26. The SMILES string of the molecule is CC(=O)SCCOCCCN(C)CCOc1ccc2c(c1)CC[C@@H]1[C@@H]2CC[C@]2(C)[C@@H](OCCCOC(C(F)(F)F)(C(F)(F)F)C(F)(F)F)CC[C@@H]12. The summed E-state index contributed by atoms with van der Waals surface area (Å²) in [4.78, 5) is 13.1. The highest BCUT2D eigenvalue weighted by atomic mass is 32.2. The molecule has 0 radical (unpaired) electrons. The first-order valence-corrected chi connectivity index (χ1v) is 18.4. The number of likely N-dealkylation sites (N-methyl/N-ethyl adjacent to an activating group) is 1. The van der Waals surface area contributed by atoms with Gasteiger partial charge in [-0.3, -0.25) is 4.79 Å². The molecule has 0 unspecified atom stereocenters. The molecule has 0 bridgehead atoms. The van der Waals surface area contributed by atoms with Crippen molar-refractivity contribution >= 4 is 16.9 Å². The average molecular weight is 766 g/mol. The van der Waals surface area contributed by atoms with Crippen LogP contribution in [0.25, 0.3) is 0 Å². The van der Waals surface area contributed by atoms with E-state index in [4.69, 9.17) is 14.2 Å². The Balaban J connectivity index is 1.23. The summed E-state index contributed by atoms with van der Waals surface area (Å²) in [6.45, 7) is 5.27. The average Bonchev–Trinajstić information content (AvgIpc) is 3.36. The van der Waals surface area contributed by atoms with Gasteiger partial charge in [-0.25, -0.2) is 0 Å². The van der Waals surface area contributed by atoms with Gasteiger partial charge in [-0.2, -0.15) is 39.5 Å². The molecule has 51 heavy (non-hydrogen) atoms. The van der Waals surface area contributed by atoms with Crippen molar-refractivity contribution < 1.29 is 63.3 Å². The minimum atomic E-state index is -6.74. The lowest BCUT2D eigenvalue weighted by molar-refractivity contribution is -0.457. The molecule has 0 saturated heterocycles. The van der Waals surface area contributed by atoms with E-state index in [-0.39, 0.29) is 23.2 Å². The molecule has 0 aromatic heterocycles. The molecule has 3 aliphatic rings. The largest absolute Gasteiger partial charge is 0.492 e. The number of aryl methyl sites for hydroxylation is 1. The predicted molar refractivity (Wildman–Crippen MR) is 174 cm³/mol. The van der Waals surface area contributed by atoms with Crippen LogP contribution in [-0.2, 0) is 25.4 Å². The number of nitrogens with zero attached hydrogens (tertiary/aromatic N) is 1. The normalized spacial score (nSPS) is 25.4. The van der Waals surface area contributed by atoms with Gasteiger partial charge >= 0.3 is 24.1 Å². The molecule has 0 heterocycles. The molecular formula is C35H48F9NO5S. The quantitative estimate of drug-likeness (QED) is 0.116. The van der Waals surface area contributed by atoms with Crippen LogP contribution in [0, 0.1) is 17.3 Å². The van der Waals surface area contributed by atoms with Crippen molar-refractivity contribution in [3.8, 4) is 5.75 Å². The first-order chi connectivity index (χ1) is 23.8. The van der Waals surface area contributed by atoms with Gasteiger partial charge in [0.2, 0.25) is 0 Å². The van der Waals surface area contributed by atoms with Gasteiger partial charge in [0.15, 0.2) is 5.12 Å². The van der Waals surface area contributed by atoms with Crippen molar-refractivity contribution in [3.63, 3.8) is 0 Å². The Bertz CT molecular complexity index is 1260. The Hall–Kier alpha value is -1.75. The highest BCUT2D eigenvalue weighted by Gasteiger charge is 2.85. The van der Waals surface area contributed by atoms with Crippen molar-refractivity contribution in [2.24, 2.45) is 17.3 Å². The van der Waals surface area contributed by atoms with Crippen LogP contribution in [0.15, 0.2) is 18.2 Å². The minimum absolute atomic E-state index is 0.0885. The molecule has 3 aliphatic carbocycles. The summed E-state index contributed by atoms with van der Waals surface area (Å²) in [5.41, 5.74) is -3.94. The molecule has 1 aromatic carbocycles. The third-order valence-electron chi connectivity index (χ3n) is 10.8. The monoisotopic (exact) mass is 765 g/mol. The molecule has 4 rings (SSSR count). The number of fused-ring (bicyclic) bond motifs is 5. The number of benzene rings is 1. The number of hydrogen-bond acceptors (Lipinski definition) is 7. The first-order valence-electron chi connectivity index (χ1n) is 17.4. The summed E-state index contributed by atoms with van der Waals surface area (Å²) < 4.78 is 140. The summed E-state index contributed by atoms with van der Waals surface area (Å²) in [6, 6.07) is 6.29. The number of halogens is 9. The molecule has 0 N–H and O–H groups in total. The van der Waals surface area contributed by atoms with E-state index >= 15 is 0 Å². The number of hydrogen-bond donors (Lipinski definition) is 0. The molecule has 292 valence electrons. The van der Waals surface area contributed by atoms with Crippen molar-refractivity contribution in [1.82, 2.24) is 4.90 Å². The Morgan fingerprint density at radius 2 is 1.59 bits per heavy atom. The standard InChI is InChI=1S/C35H48F9NO5S/c1-23(46)51-21-20-47-16-4-14-45(3)15-19-48-25-7-9-26-24(22-25)6-8-28-27(26)12-13-31(2)29(28)10-11-30(31)49-17-5-18-50-32(33(36,37)38,34(39,40)41)35(42,43)44/h7,9,22,27-30H,4-6,8,10-21H2,1-3H3/t27-,28-,29+,30+,31+/m1/s1. The Kier molecular flexibility index (Phi) is 14.1. The van der Waals surface area contributed by atoms with Crippen molar-refractivity contribution in [2.75, 3.05) is 58.9 Å². The fraction of sp³-hybridized carbons (Fsp3) is 0.800. The minimum Gasteiger partial charge on any atom is -0.492 e. The molecule has 6 nitrogen and oxygen atoms in total. The highest BCUT2D eigenvalue weighted by Crippen LogP contribution is 2.62. The number of carbonyl (C=O) groups excluding carboxylic acids is 1. The summed E-state index contributed by atoms with van der Waals surface area (Å²) in [6.07, 6.45) is -15.1. The third kappa shape index (κ3) is 9.68. The van der Waals surface area contributed by atoms with Crippen molar-refractivity contribution in [2.45, 2.75) is 101 Å². The topological polar surface area (TPSA) is 57.2 Å². The maximum absolute atomic E-state index is 13.2. The van der Waals surface area contributed by atoms with E-state index < -0.39 is 37.2 Å². The maximum Gasteiger partial charge on any atom is 0.435 e. The highest BCUT2D eigenvalue weighted by molar-refractivity contribution is 8.13. The van der Waals surface area contributed by atoms with Gasteiger partial charge in [-0.05, 0) is 105 Å². The molecule has 2 fully saturated rings. The lowest BCUT2D eigenvalue weighted by Gasteiger charge is -2.50. The summed E-state index contributed by atoms with van der Waals surface area (Å²) in [5.74, 6) is 2.52. The number of rotatable bonds is 17. The van der Waals surface area contributed by atoms with Crippen LogP contribution in [0.4, 0.5) is 39.5 Å². The second-order valence-electron chi connectivity index (χ2n) is 14.1. The van der Waals surface area contributed by atoms with Crippen LogP contribution < -0.4 is 4.74 Å². The van der Waals surface area contributed by atoms with Crippen LogP contribution in [0.2, 0.25) is 0 Å². The molecule has 5 atom stereocenters. The fourth-order valence-corrected chi connectivity index (χ4v) is 8.81. The van der Waals surface area contributed by atoms with Gasteiger partial charge in [0.05, 0.1) is 19.3 Å². The Morgan fingerprint density at radius 3 is 2.25 bits per heavy atom. The summed E-state index contributed by atoms with van der Waals surface area (Å²) in [5, 5.41) is 0.0885. The number of thioether (sulfide) groups is 1. The zero-order valence-electron chi connectivity index (χ0n) is 29.2. The molecule has 16 heteroatoms. The van der Waals surface area contributed by atoms with Gasteiger partial charge < -0.3 is 23.8 Å². The van der Waals surface area contributed by atoms with E-state index in [0.29, 0.717) is 49.7 Å². The molecular weight excluding hydrogens is 717 g/mol. The van der Waals surface area contributed by atoms with E-state index in [0.717, 1.165) is 57.4 Å². The van der Waals surface area contributed by atoms with Crippen LogP contribution in [0.3, 0.4) is 0 Å². The van der Waals surface area contributed by atoms with Crippen LogP contribution in [0.1, 0.15) is 75.8 Å². The zero-order chi connectivity index (χ0) is 37.7. The van der Waals surface area contributed by atoms with Gasteiger partial charge in [0.25, 0.3) is 0 Å². The van der Waals surface area contributed by atoms with Crippen molar-refractivity contribution in [1.29, 1.82) is 0 Å². The number of carbonyl (C=O) groups is 1. The number of alkyl halides is 9. The Morgan fingerprint density at radius 1 is 0.882 bits per heavy atom. The predicted octanol–water partition coefficient (Wildman–Crippen LogP) is 8.76.